The lowest BCUT2D eigenvalue weighted by Crippen LogP contribution is -2.34. The van der Waals surface area contributed by atoms with E-state index in [4.69, 9.17) is 0 Å². The molecule has 5 nitrogen and oxygen atoms in total. The summed E-state index contributed by atoms with van der Waals surface area (Å²) in [6, 6.07) is 11.9. The number of hydrogen-bond donors (Lipinski definition) is 1. The van der Waals surface area contributed by atoms with Gasteiger partial charge in [0.05, 0.1) is 5.75 Å². The smallest absolute Gasteiger partial charge is 0.251 e. The number of aromatic nitrogens is 2. The lowest BCUT2D eigenvalue weighted by Gasteiger charge is -2.22. The van der Waals surface area contributed by atoms with Crippen LogP contribution in [0.5, 0.6) is 0 Å². The molecule has 3 rings (SSSR count). The number of aromatic amines is 1. The highest BCUT2D eigenvalue weighted by molar-refractivity contribution is 7.99. The Morgan fingerprint density at radius 1 is 1.32 bits per heavy atom. The second-order valence-electron chi connectivity index (χ2n) is 6.32. The Morgan fingerprint density at radius 2 is 2.08 bits per heavy atom. The molecule has 0 radical (unpaired) electrons. The number of aryl methyl sites for hydroxylation is 1. The number of rotatable bonds is 8. The van der Waals surface area contributed by atoms with Crippen molar-refractivity contribution in [2.45, 2.75) is 50.4 Å². The third-order valence-electron chi connectivity index (χ3n) is 4.12. The van der Waals surface area contributed by atoms with Gasteiger partial charge in [-0.1, -0.05) is 55.4 Å². The molecule has 1 aromatic carbocycles. The Bertz CT molecular complexity index is 772. The molecule has 0 aliphatic heterocycles. The van der Waals surface area contributed by atoms with Gasteiger partial charge in [-0.05, 0) is 24.8 Å². The minimum Gasteiger partial charge on any atom is -0.335 e. The summed E-state index contributed by atoms with van der Waals surface area (Å²) in [6.45, 7) is 2.70. The molecule has 1 aliphatic rings. The van der Waals surface area contributed by atoms with Gasteiger partial charge in [0.25, 0.3) is 5.56 Å². The van der Waals surface area contributed by atoms with Crippen molar-refractivity contribution in [3.8, 4) is 0 Å². The van der Waals surface area contributed by atoms with Gasteiger partial charge < -0.3 is 9.88 Å². The van der Waals surface area contributed by atoms with Gasteiger partial charge >= 0.3 is 0 Å². The first-order chi connectivity index (χ1) is 12.2. The number of thioether (sulfide) groups is 1. The highest BCUT2D eigenvalue weighted by Crippen LogP contribution is 2.29. The summed E-state index contributed by atoms with van der Waals surface area (Å²) in [5.74, 6) is 0.391. The standard InChI is InChI=1S/C19H23N3O2S/c1-2-6-15-11-17(23)21-19(20-15)25-13-18(24)22(16-9-10-16)12-14-7-4-3-5-8-14/h3-5,7-8,11,16H,2,6,9-10,12-13H2,1H3,(H,20,21,23). The van der Waals surface area contributed by atoms with Gasteiger partial charge in [0.15, 0.2) is 5.16 Å². The maximum absolute atomic E-state index is 12.7. The van der Waals surface area contributed by atoms with Crippen LogP contribution in [0.3, 0.4) is 0 Å². The minimum atomic E-state index is -0.156. The van der Waals surface area contributed by atoms with Crippen molar-refractivity contribution in [2.24, 2.45) is 0 Å². The third-order valence-corrected chi connectivity index (χ3v) is 4.97. The molecule has 0 atom stereocenters. The summed E-state index contributed by atoms with van der Waals surface area (Å²) in [5, 5.41) is 0.528. The highest BCUT2D eigenvalue weighted by Gasteiger charge is 2.32. The maximum Gasteiger partial charge on any atom is 0.251 e. The van der Waals surface area contributed by atoms with E-state index >= 15 is 0 Å². The van der Waals surface area contributed by atoms with Gasteiger partial charge in [-0.3, -0.25) is 9.59 Å². The average Bonchev–Trinajstić information content (AvgIpc) is 3.43. The zero-order valence-corrected chi connectivity index (χ0v) is 15.2. The fourth-order valence-electron chi connectivity index (χ4n) is 2.74. The third kappa shape index (κ3) is 5.19. The number of carbonyl (C=O) groups excluding carboxylic acids is 1. The minimum absolute atomic E-state index is 0.0971. The van der Waals surface area contributed by atoms with Crippen LogP contribution in [0.15, 0.2) is 46.3 Å². The quantitative estimate of drug-likeness (QED) is 0.583. The van der Waals surface area contributed by atoms with Gasteiger partial charge in [-0.25, -0.2) is 4.98 Å². The van der Waals surface area contributed by atoms with Crippen LogP contribution in [-0.2, 0) is 17.8 Å². The summed E-state index contributed by atoms with van der Waals surface area (Å²) < 4.78 is 0. The Hall–Kier alpha value is -2.08. The predicted molar refractivity (Wildman–Crippen MR) is 99.6 cm³/mol. The van der Waals surface area contributed by atoms with Crippen molar-refractivity contribution >= 4 is 17.7 Å². The molecule has 1 aromatic heterocycles. The zero-order valence-electron chi connectivity index (χ0n) is 14.4. The molecule has 25 heavy (non-hydrogen) atoms. The van der Waals surface area contributed by atoms with Crippen LogP contribution in [0.25, 0.3) is 0 Å². The van der Waals surface area contributed by atoms with E-state index in [-0.39, 0.29) is 11.5 Å². The Kier molecular flexibility index (Phi) is 5.91. The number of hydrogen-bond acceptors (Lipinski definition) is 4. The monoisotopic (exact) mass is 357 g/mol. The van der Waals surface area contributed by atoms with E-state index in [1.165, 1.54) is 17.8 Å². The fraction of sp³-hybridized carbons (Fsp3) is 0.421. The van der Waals surface area contributed by atoms with Crippen LogP contribution < -0.4 is 5.56 Å². The number of H-pyrrole nitrogens is 1. The molecular formula is C19H23N3O2S. The van der Waals surface area contributed by atoms with Crippen molar-refractivity contribution < 1.29 is 4.79 Å². The van der Waals surface area contributed by atoms with Crippen molar-refractivity contribution in [3.05, 3.63) is 58.0 Å². The molecule has 1 fully saturated rings. The van der Waals surface area contributed by atoms with Crippen molar-refractivity contribution in [1.82, 2.24) is 14.9 Å². The second-order valence-corrected chi connectivity index (χ2v) is 7.28. The topological polar surface area (TPSA) is 66.1 Å². The molecule has 132 valence electrons. The molecule has 1 heterocycles. The van der Waals surface area contributed by atoms with E-state index in [1.54, 1.807) is 0 Å². The summed E-state index contributed by atoms with van der Waals surface area (Å²) in [6.07, 6.45) is 3.86. The zero-order chi connectivity index (χ0) is 17.6. The van der Waals surface area contributed by atoms with Gasteiger partial charge in [-0.15, -0.1) is 0 Å². The molecule has 0 spiro atoms. The van der Waals surface area contributed by atoms with Crippen LogP contribution in [-0.4, -0.2) is 32.6 Å². The molecule has 0 unspecified atom stereocenters. The lowest BCUT2D eigenvalue weighted by atomic mass is 10.2. The summed E-state index contributed by atoms with van der Waals surface area (Å²) in [7, 11) is 0. The van der Waals surface area contributed by atoms with Gasteiger partial charge in [0.1, 0.15) is 0 Å². The lowest BCUT2D eigenvalue weighted by molar-refractivity contribution is -0.129. The fourth-order valence-corrected chi connectivity index (χ4v) is 3.52. The molecule has 1 saturated carbocycles. The summed E-state index contributed by atoms with van der Waals surface area (Å²) >= 11 is 1.31. The summed E-state index contributed by atoms with van der Waals surface area (Å²) in [4.78, 5) is 33.5. The Balaban J connectivity index is 1.63. The highest BCUT2D eigenvalue weighted by atomic mass is 32.2. The predicted octanol–water partition coefficient (Wildman–Crippen LogP) is 3.01. The number of nitrogens with zero attached hydrogens (tertiary/aromatic N) is 2. The molecule has 1 N–H and O–H groups in total. The molecule has 0 bridgehead atoms. The van der Waals surface area contributed by atoms with E-state index in [9.17, 15) is 9.59 Å². The molecule has 1 amide bonds. The van der Waals surface area contributed by atoms with Crippen LogP contribution >= 0.6 is 11.8 Å². The number of benzene rings is 1. The van der Waals surface area contributed by atoms with Gasteiger partial charge in [0, 0.05) is 24.3 Å². The maximum atomic E-state index is 12.7. The van der Waals surface area contributed by atoms with Crippen LogP contribution in [0.4, 0.5) is 0 Å². The van der Waals surface area contributed by atoms with E-state index < -0.39 is 0 Å². The Labute approximate surface area is 151 Å². The first-order valence-electron chi connectivity index (χ1n) is 8.72. The number of nitrogens with one attached hydrogen (secondary N) is 1. The molecular weight excluding hydrogens is 334 g/mol. The van der Waals surface area contributed by atoms with Crippen LogP contribution in [0.1, 0.15) is 37.4 Å². The van der Waals surface area contributed by atoms with E-state index in [0.717, 1.165) is 36.9 Å². The summed E-state index contributed by atoms with van der Waals surface area (Å²) in [5.41, 5.74) is 1.77. The molecule has 1 aliphatic carbocycles. The molecule has 6 heteroatoms. The first kappa shape index (κ1) is 17.7. The molecule has 0 saturated heterocycles. The Morgan fingerprint density at radius 3 is 2.76 bits per heavy atom. The van der Waals surface area contributed by atoms with E-state index in [1.807, 2.05) is 35.2 Å². The van der Waals surface area contributed by atoms with Crippen molar-refractivity contribution in [3.63, 3.8) is 0 Å². The van der Waals surface area contributed by atoms with E-state index in [0.29, 0.717) is 23.5 Å². The normalized spacial score (nSPS) is 13.6. The van der Waals surface area contributed by atoms with E-state index in [2.05, 4.69) is 16.9 Å². The SMILES string of the molecule is CCCc1cc(=O)[nH]c(SCC(=O)N(Cc2ccccc2)C2CC2)n1. The van der Waals surface area contributed by atoms with Gasteiger partial charge in [-0.2, -0.15) is 0 Å². The number of amides is 1. The van der Waals surface area contributed by atoms with Crippen LogP contribution in [0, 0.1) is 0 Å². The number of carbonyl (C=O) groups is 1. The van der Waals surface area contributed by atoms with Crippen molar-refractivity contribution in [1.29, 1.82) is 0 Å². The largest absolute Gasteiger partial charge is 0.335 e. The second kappa shape index (κ2) is 8.34. The van der Waals surface area contributed by atoms with Gasteiger partial charge in [0.2, 0.25) is 5.91 Å². The van der Waals surface area contributed by atoms with Crippen molar-refractivity contribution in [2.75, 3.05) is 5.75 Å². The van der Waals surface area contributed by atoms with Crippen LogP contribution in [0.2, 0.25) is 0 Å². The molecule has 2 aromatic rings. The average molecular weight is 357 g/mol. The first-order valence-corrected chi connectivity index (χ1v) is 9.70.